The number of aryl methyl sites for hydroxylation is 2. The number of benzene rings is 3. The fraction of sp³-hybridized carbons (Fsp3) is 0.115. The van der Waals surface area contributed by atoms with Crippen molar-refractivity contribution in [1.82, 2.24) is 9.78 Å². The second-order valence-corrected chi connectivity index (χ2v) is 8.54. The SMILES string of the molecule is Cc1cc(OCn2ccc(C(=O)Nc3ccc(Cl)cc3C(=O)c3ccccc3)n2)cc(C)c1Cl. The molecule has 3 aromatic carbocycles. The highest BCUT2D eigenvalue weighted by atomic mass is 35.5. The standard InChI is InChI=1S/C26H21Cl2N3O3/c1-16-12-20(13-17(2)24(16)28)34-15-31-11-10-23(30-31)26(33)29-22-9-8-19(27)14-21(22)25(32)18-6-4-3-5-7-18/h3-14H,15H2,1-2H3,(H,29,33). The van der Waals surface area contributed by atoms with Crippen LogP contribution in [0.2, 0.25) is 10.0 Å². The molecule has 0 atom stereocenters. The summed E-state index contributed by atoms with van der Waals surface area (Å²) in [5, 5.41) is 8.14. The molecule has 0 saturated heterocycles. The van der Waals surface area contributed by atoms with Crippen LogP contribution >= 0.6 is 23.2 Å². The topological polar surface area (TPSA) is 73.2 Å². The monoisotopic (exact) mass is 493 g/mol. The molecule has 172 valence electrons. The molecule has 4 aromatic rings. The number of carbonyl (C=O) groups is 2. The van der Waals surface area contributed by atoms with E-state index in [4.69, 9.17) is 27.9 Å². The molecular weight excluding hydrogens is 473 g/mol. The maximum atomic E-state index is 13.0. The zero-order valence-electron chi connectivity index (χ0n) is 18.5. The highest BCUT2D eigenvalue weighted by Crippen LogP contribution is 2.26. The Morgan fingerprint density at radius 3 is 2.38 bits per heavy atom. The Morgan fingerprint density at radius 2 is 1.68 bits per heavy atom. The van der Waals surface area contributed by atoms with Gasteiger partial charge in [0.05, 0.1) is 5.69 Å². The number of amides is 1. The number of carbonyl (C=O) groups excluding carboxylic acids is 2. The summed E-state index contributed by atoms with van der Waals surface area (Å²) in [7, 11) is 0. The third-order valence-electron chi connectivity index (χ3n) is 5.16. The molecule has 0 radical (unpaired) electrons. The normalized spacial score (nSPS) is 10.7. The van der Waals surface area contributed by atoms with E-state index in [1.807, 2.05) is 32.0 Å². The fourth-order valence-corrected chi connectivity index (χ4v) is 3.71. The number of hydrogen-bond donors (Lipinski definition) is 1. The summed E-state index contributed by atoms with van der Waals surface area (Å²) in [6.45, 7) is 3.94. The van der Waals surface area contributed by atoms with Crippen LogP contribution in [0.3, 0.4) is 0 Å². The van der Waals surface area contributed by atoms with Crippen molar-refractivity contribution in [3.8, 4) is 5.75 Å². The Hall–Kier alpha value is -3.61. The predicted molar refractivity (Wildman–Crippen MR) is 133 cm³/mol. The molecule has 0 aliphatic rings. The lowest BCUT2D eigenvalue weighted by Gasteiger charge is -2.11. The maximum absolute atomic E-state index is 13.0. The van der Waals surface area contributed by atoms with Crippen LogP contribution in [0.5, 0.6) is 5.75 Å². The van der Waals surface area contributed by atoms with Gasteiger partial charge >= 0.3 is 0 Å². The minimum absolute atomic E-state index is 0.118. The van der Waals surface area contributed by atoms with Gasteiger partial charge in [0.15, 0.2) is 18.2 Å². The second-order valence-electron chi connectivity index (χ2n) is 7.72. The Labute approximate surface area is 207 Å². The summed E-state index contributed by atoms with van der Waals surface area (Å²) in [5.41, 5.74) is 3.15. The first-order chi connectivity index (χ1) is 16.3. The van der Waals surface area contributed by atoms with Crippen molar-refractivity contribution in [3.63, 3.8) is 0 Å². The van der Waals surface area contributed by atoms with E-state index in [2.05, 4.69) is 10.4 Å². The molecule has 1 N–H and O–H groups in total. The molecule has 0 aliphatic heterocycles. The van der Waals surface area contributed by atoms with E-state index in [9.17, 15) is 9.59 Å². The zero-order chi connectivity index (χ0) is 24.2. The van der Waals surface area contributed by atoms with E-state index >= 15 is 0 Å². The number of ketones is 1. The van der Waals surface area contributed by atoms with Gasteiger partial charge in [-0.1, -0.05) is 53.5 Å². The number of nitrogens with one attached hydrogen (secondary N) is 1. The minimum atomic E-state index is -0.457. The first kappa shape index (κ1) is 23.5. The molecule has 0 spiro atoms. The quantitative estimate of drug-likeness (QED) is 0.305. The van der Waals surface area contributed by atoms with Gasteiger partial charge in [0.2, 0.25) is 0 Å². The summed E-state index contributed by atoms with van der Waals surface area (Å²) in [6, 6.07) is 18.8. The molecule has 1 aromatic heterocycles. The lowest BCUT2D eigenvalue weighted by atomic mass is 10.0. The maximum Gasteiger partial charge on any atom is 0.276 e. The average molecular weight is 494 g/mol. The van der Waals surface area contributed by atoms with Crippen molar-refractivity contribution in [2.45, 2.75) is 20.6 Å². The smallest absolute Gasteiger partial charge is 0.276 e. The van der Waals surface area contributed by atoms with E-state index in [0.717, 1.165) is 11.1 Å². The minimum Gasteiger partial charge on any atom is -0.471 e. The highest BCUT2D eigenvalue weighted by molar-refractivity contribution is 6.32. The van der Waals surface area contributed by atoms with E-state index < -0.39 is 5.91 Å². The molecule has 6 nitrogen and oxygen atoms in total. The molecule has 8 heteroatoms. The zero-order valence-corrected chi connectivity index (χ0v) is 20.0. The Balaban J connectivity index is 1.48. The van der Waals surface area contributed by atoms with Crippen LogP contribution in [0.1, 0.15) is 37.5 Å². The largest absolute Gasteiger partial charge is 0.471 e. The van der Waals surface area contributed by atoms with E-state index in [1.165, 1.54) is 10.7 Å². The van der Waals surface area contributed by atoms with E-state index in [1.54, 1.807) is 48.7 Å². The lowest BCUT2D eigenvalue weighted by molar-refractivity contribution is 0.102. The van der Waals surface area contributed by atoms with Crippen LogP contribution < -0.4 is 10.1 Å². The first-order valence-corrected chi connectivity index (χ1v) is 11.2. The summed E-state index contributed by atoms with van der Waals surface area (Å²) in [5.74, 6) is -0.0432. The third-order valence-corrected chi connectivity index (χ3v) is 5.99. The molecule has 4 rings (SSSR count). The van der Waals surface area contributed by atoms with Gasteiger partial charge in [-0.2, -0.15) is 5.10 Å². The number of nitrogens with zero attached hydrogens (tertiary/aromatic N) is 2. The van der Waals surface area contributed by atoms with Gasteiger partial charge in [0.25, 0.3) is 5.91 Å². The molecule has 0 fully saturated rings. The Kier molecular flexibility index (Phi) is 7.01. The molecule has 0 bridgehead atoms. The summed E-state index contributed by atoms with van der Waals surface area (Å²) in [6.07, 6.45) is 1.64. The number of anilines is 1. The predicted octanol–water partition coefficient (Wildman–Crippen LogP) is 6.33. The van der Waals surface area contributed by atoms with Gasteiger partial charge in [-0.25, -0.2) is 4.68 Å². The van der Waals surface area contributed by atoms with Crippen molar-refractivity contribution < 1.29 is 14.3 Å². The van der Waals surface area contributed by atoms with Crippen LogP contribution in [0, 0.1) is 13.8 Å². The van der Waals surface area contributed by atoms with Gasteiger partial charge in [-0.15, -0.1) is 0 Å². The van der Waals surface area contributed by atoms with Crippen LogP contribution in [0.25, 0.3) is 0 Å². The number of rotatable bonds is 7. The summed E-state index contributed by atoms with van der Waals surface area (Å²) >= 11 is 12.3. The van der Waals surface area contributed by atoms with Crippen LogP contribution in [0.4, 0.5) is 5.69 Å². The molecule has 0 unspecified atom stereocenters. The van der Waals surface area contributed by atoms with Gasteiger partial charge in [-0.05, 0) is 61.4 Å². The summed E-state index contributed by atoms with van der Waals surface area (Å²) < 4.78 is 7.29. The van der Waals surface area contributed by atoms with Crippen molar-refractivity contribution >= 4 is 40.6 Å². The van der Waals surface area contributed by atoms with Gasteiger partial charge in [-0.3, -0.25) is 9.59 Å². The van der Waals surface area contributed by atoms with Crippen molar-refractivity contribution in [1.29, 1.82) is 0 Å². The fourth-order valence-electron chi connectivity index (χ4n) is 3.43. The number of hydrogen-bond acceptors (Lipinski definition) is 4. The number of halogens is 2. The van der Waals surface area contributed by atoms with Crippen molar-refractivity contribution in [2.75, 3.05) is 5.32 Å². The van der Waals surface area contributed by atoms with Crippen LogP contribution in [-0.2, 0) is 6.73 Å². The molecule has 1 heterocycles. The van der Waals surface area contributed by atoms with E-state index in [0.29, 0.717) is 32.6 Å². The van der Waals surface area contributed by atoms with Crippen LogP contribution in [0.15, 0.2) is 72.9 Å². The van der Waals surface area contributed by atoms with Crippen LogP contribution in [-0.4, -0.2) is 21.5 Å². The van der Waals surface area contributed by atoms with Crippen molar-refractivity contribution in [2.24, 2.45) is 0 Å². The van der Waals surface area contributed by atoms with Gasteiger partial charge in [0, 0.05) is 27.4 Å². The number of ether oxygens (including phenoxy) is 1. The molecule has 1 amide bonds. The average Bonchev–Trinajstić information content (AvgIpc) is 3.31. The second kappa shape index (κ2) is 10.1. The van der Waals surface area contributed by atoms with Crippen molar-refractivity contribution in [3.05, 3.63) is 111 Å². The van der Waals surface area contributed by atoms with E-state index in [-0.39, 0.29) is 18.2 Å². The molecule has 0 saturated carbocycles. The molecule has 34 heavy (non-hydrogen) atoms. The molecule has 0 aliphatic carbocycles. The summed E-state index contributed by atoms with van der Waals surface area (Å²) in [4.78, 5) is 25.8. The Morgan fingerprint density at radius 1 is 0.971 bits per heavy atom. The first-order valence-electron chi connectivity index (χ1n) is 10.5. The number of aromatic nitrogens is 2. The lowest BCUT2D eigenvalue weighted by Crippen LogP contribution is -2.16. The van der Waals surface area contributed by atoms with Gasteiger partial charge < -0.3 is 10.1 Å². The van der Waals surface area contributed by atoms with Gasteiger partial charge in [0.1, 0.15) is 5.75 Å². The third kappa shape index (κ3) is 5.30. The molecular formula is C26H21Cl2N3O3. The highest BCUT2D eigenvalue weighted by Gasteiger charge is 2.18. The Bertz CT molecular complexity index is 1340.